The third kappa shape index (κ3) is 7.37. The fraction of sp³-hybridized carbons (Fsp3) is 0.333. The molecule has 0 atom stereocenters. The molecule has 0 fully saturated rings. The second kappa shape index (κ2) is 6.20. The molecule has 0 aliphatic heterocycles. The lowest BCUT2D eigenvalue weighted by Crippen LogP contribution is -2.07. The topological polar surface area (TPSA) is 12.0 Å². The average molecular weight is 172 g/mol. The summed E-state index contributed by atoms with van der Waals surface area (Å²) < 4.78 is 0. The Morgan fingerprint density at radius 1 is 1.45 bits per heavy atom. The Labute approximate surface area is 73.4 Å². The summed E-state index contributed by atoms with van der Waals surface area (Å²) in [5.74, 6) is 0. The van der Waals surface area contributed by atoms with Crippen molar-refractivity contribution >= 4 is 11.6 Å². The average Bonchev–Trinajstić information content (AvgIpc) is 1.97. The molecule has 0 aliphatic rings. The first-order chi connectivity index (χ1) is 5.16. The molecule has 0 radical (unpaired) electrons. The molecule has 0 aromatic carbocycles. The van der Waals surface area contributed by atoms with E-state index in [1.54, 1.807) is 6.08 Å². The van der Waals surface area contributed by atoms with E-state index in [0.29, 0.717) is 5.03 Å². The van der Waals surface area contributed by atoms with Gasteiger partial charge in [0.1, 0.15) is 0 Å². The van der Waals surface area contributed by atoms with Gasteiger partial charge >= 0.3 is 0 Å². The van der Waals surface area contributed by atoms with Gasteiger partial charge in [-0.1, -0.05) is 36.4 Å². The Hall–Kier alpha value is -0.530. The fourth-order valence-corrected chi connectivity index (χ4v) is 0.640. The van der Waals surface area contributed by atoms with Gasteiger partial charge in [0, 0.05) is 5.03 Å². The molecular formula is C9H14ClN. The molecule has 0 saturated carbocycles. The van der Waals surface area contributed by atoms with E-state index in [0.717, 1.165) is 18.5 Å². The van der Waals surface area contributed by atoms with E-state index in [1.165, 1.54) is 0 Å². The SMILES string of the molecule is C=C(Cl)/C=C\C(=C)CCNC. The zero-order chi connectivity index (χ0) is 8.69. The summed E-state index contributed by atoms with van der Waals surface area (Å²) in [6, 6.07) is 0. The maximum atomic E-state index is 5.52. The van der Waals surface area contributed by atoms with Crippen LogP contribution in [-0.2, 0) is 0 Å². The first-order valence-corrected chi connectivity index (χ1v) is 3.89. The molecular weight excluding hydrogens is 158 g/mol. The molecule has 0 unspecified atom stereocenters. The summed E-state index contributed by atoms with van der Waals surface area (Å²) in [5, 5.41) is 3.57. The van der Waals surface area contributed by atoms with Crippen molar-refractivity contribution in [3.63, 3.8) is 0 Å². The van der Waals surface area contributed by atoms with E-state index in [1.807, 2.05) is 13.1 Å². The Bertz CT molecular complexity index is 170. The van der Waals surface area contributed by atoms with Gasteiger partial charge in [-0.05, 0) is 26.1 Å². The van der Waals surface area contributed by atoms with Crippen LogP contribution in [0.25, 0.3) is 0 Å². The maximum Gasteiger partial charge on any atom is 0.0334 e. The predicted octanol–water partition coefficient (Wildman–Crippen LogP) is 2.46. The number of nitrogens with one attached hydrogen (secondary N) is 1. The number of hydrogen-bond acceptors (Lipinski definition) is 1. The molecule has 0 amide bonds. The highest BCUT2D eigenvalue weighted by Crippen LogP contribution is 2.03. The van der Waals surface area contributed by atoms with Crippen LogP contribution in [0.15, 0.2) is 35.9 Å². The van der Waals surface area contributed by atoms with E-state index < -0.39 is 0 Å². The van der Waals surface area contributed by atoms with Gasteiger partial charge in [0.15, 0.2) is 0 Å². The monoisotopic (exact) mass is 171 g/mol. The zero-order valence-corrected chi connectivity index (χ0v) is 7.62. The minimum absolute atomic E-state index is 0.538. The molecule has 0 rings (SSSR count). The van der Waals surface area contributed by atoms with Crippen molar-refractivity contribution in [1.82, 2.24) is 5.32 Å². The first kappa shape index (κ1) is 10.5. The van der Waals surface area contributed by atoms with E-state index in [2.05, 4.69) is 18.5 Å². The normalized spacial score (nSPS) is 10.4. The van der Waals surface area contributed by atoms with E-state index >= 15 is 0 Å². The zero-order valence-electron chi connectivity index (χ0n) is 6.86. The van der Waals surface area contributed by atoms with Crippen LogP contribution in [0.3, 0.4) is 0 Å². The quantitative estimate of drug-likeness (QED) is 0.627. The van der Waals surface area contributed by atoms with Gasteiger partial charge < -0.3 is 5.32 Å². The van der Waals surface area contributed by atoms with Gasteiger partial charge in [-0.25, -0.2) is 0 Å². The van der Waals surface area contributed by atoms with Gasteiger partial charge in [0.2, 0.25) is 0 Å². The largest absolute Gasteiger partial charge is 0.319 e. The van der Waals surface area contributed by atoms with Gasteiger partial charge in [-0.2, -0.15) is 0 Å². The van der Waals surface area contributed by atoms with Crippen molar-refractivity contribution < 1.29 is 0 Å². The molecule has 0 aromatic heterocycles. The Morgan fingerprint density at radius 2 is 2.09 bits per heavy atom. The second-order valence-corrected chi connectivity index (χ2v) is 2.78. The van der Waals surface area contributed by atoms with Crippen LogP contribution in [0.1, 0.15) is 6.42 Å². The lowest BCUT2D eigenvalue weighted by Gasteiger charge is -1.97. The summed E-state index contributed by atoms with van der Waals surface area (Å²) in [5.41, 5.74) is 1.06. The summed E-state index contributed by atoms with van der Waals surface area (Å²) >= 11 is 5.52. The minimum atomic E-state index is 0.538. The highest BCUT2D eigenvalue weighted by atomic mass is 35.5. The third-order valence-corrected chi connectivity index (χ3v) is 1.32. The lowest BCUT2D eigenvalue weighted by atomic mass is 10.2. The number of hydrogen-bond donors (Lipinski definition) is 1. The molecule has 11 heavy (non-hydrogen) atoms. The Balaban J connectivity index is 3.60. The standard InChI is InChI=1S/C9H14ClN/c1-8(6-7-11-3)4-5-9(2)10/h4-5,11H,1-2,6-7H2,3H3/b5-4-. The summed E-state index contributed by atoms with van der Waals surface area (Å²) in [7, 11) is 1.91. The van der Waals surface area contributed by atoms with Crippen LogP contribution in [-0.4, -0.2) is 13.6 Å². The number of halogens is 1. The molecule has 0 bridgehead atoms. The molecule has 0 spiro atoms. The second-order valence-electron chi connectivity index (χ2n) is 2.29. The molecule has 0 saturated heterocycles. The maximum absolute atomic E-state index is 5.52. The van der Waals surface area contributed by atoms with Gasteiger partial charge in [-0.3, -0.25) is 0 Å². The summed E-state index contributed by atoms with van der Waals surface area (Å²) in [6.45, 7) is 8.31. The number of allylic oxidation sites excluding steroid dienone is 3. The lowest BCUT2D eigenvalue weighted by molar-refractivity contribution is 0.795. The molecule has 1 N–H and O–H groups in total. The smallest absolute Gasteiger partial charge is 0.0334 e. The molecule has 2 heteroatoms. The van der Waals surface area contributed by atoms with Crippen molar-refractivity contribution in [3.05, 3.63) is 35.9 Å². The van der Waals surface area contributed by atoms with Crippen LogP contribution in [0.4, 0.5) is 0 Å². The first-order valence-electron chi connectivity index (χ1n) is 3.51. The third-order valence-electron chi connectivity index (χ3n) is 1.20. The van der Waals surface area contributed by atoms with Crippen LogP contribution in [0, 0.1) is 0 Å². The van der Waals surface area contributed by atoms with Gasteiger partial charge in [0.05, 0.1) is 0 Å². The van der Waals surface area contributed by atoms with Crippen LogP contribution in [0.5, 0.6) is 0 Å². The van der Waals surface area contributed by atoms with Gasteiger partial charge in [-0.15, -0.1) is 0 Å². The van der Waals surface area contributed by atoms with Crippen molar-refractivity contribution in [3.8, 4) is 0 Å². The molecule has 62 valence electrons. The fourth-order valence-electron chi connectivity index (χ4n) is 0.577. The van der Waals surface area contributed by atoms with Crippen LogP contribution in [0.2, 0.25) is 0 Å². The van der Waals surface area contributed by atoms with Crippen LogP contribution >= 0.6 is 11.6 Å². The summed E-state index contributed by atoms with van der Waals surface area (Å²) in [4.78, 5) is 0. The minimum Gasteiger partial charge on any atom is -0.319 e. The van der Waals surface area contributed by atoms with Crippen molar-refractivity contribution in [2.75, 3.05) is 13.6 Å². The van der Waals surface area contributed by atoms with Crippen molar-refractivity contribution in [1.29, 1.82) is 0 Å². The summed E-state index contributed by atoms with van der Waals surface area (Å²) in [6.07, 6.45) is 4.57. The van der Waals surface area contributed by atoms with E-state index in [4.69, 9.17) is 11.6 Å². The van der Waals surface area contributed by atoms with E-state index in [-0.39, 0.29) is 0 Å². The van der Waals surface area contributed by atoms with Crippen molar-refractivity contribution in [2.45, 2.75) is 6.42 Å². The highest BCUT2D eigenvalue weighted by molar-refractivity contribution is 6.30. The Kier molecular flexibility index (Phi) is 5.90. The molecule has 0 heterocycles. The number of rotatable bonds is 5. The molecule has 0 aromatic rings. The van der Waals surface area contributed by atoms with Crippen molar-refractivity contribution in [2.24, 2.45) is 0 Å². The Morgan fingerprint density at radius 3 is 2.55 bits per heavy atom. The predicted molar refractivity (Wildman–Crippen MR) is 51.8 cm³/mol. The van der Waals surface area contributed by atoms with E-state index in [9.17, 15) is 0 Å². The highest BCUT2D eigenvalue weighted by Gasteiger charge is 1.86. The van der Waals surface area contributed by atoms with Gasteiger partial charge in [0.25, 0.3) is 0 Å². The molecule has 0 aliphatic carbocycles. The molecule has 1 nitrogen and oxygen atoms in total. The van der Waals surface area contributed by atoms with Crippen LogP contribution < -0.4 is 5.32 Å².